The molecule has 144 valence electrons. The standard InChI is InChI=1S/C20H21N5O3/c1-13-7-9-15(10-8-13)12-28-18-16(5-4-6-17(18)27-3)11-21-24-20-22-19(26)14(2)23-25-20/h4-11H,12H2,1-3H3,(H2,22,24,25,26)/b21-11+. The number of benzene rings is 2. The van der Waals surface area contributed by atoms with E-state index in [-0.39, 0.29) is 17.2 Å². The molecule has 0 spiro atoms. The van der Waals surface area contributed by atoms with E-state index >= 15 is 0 Å². The van der Waals surface area contributed by atoms with Crippen molar-refractivity contribution in [3.05, 3.63) is 75.2 Å². The van der Waals surface area contributed by atoms with Crippen molar-refractivity contribution < 1.29 is 9.47 Å². The fourth-order valence-electron chi connectivity index (χ4n) is 2.40. The van der Waals surface area contributed by atoms with Crippen molar-refractivity contribution in [3.63, 3.8) is 0 Å². The number of para-hydroxylation sites is 1. The van der Waals surface area contributed by atoms with Gasteiger partial charge in [0.2, 0.25) is 5.95 Å². The maximum atomic E-state index is 11.6. The fourth-order valence-corrected chi connectivity index (χ4v) is 2.40. The number of nitrogens with one attached hydrogen (secondary N) is 2. The predicted octanol–water partition coefficient (Wildman–Crippen LogP) is 2.82. The monoisotopic (exact) mass is 379 g/mol. The molecule has 8 heteroatoms. The Morgan fingerprint density at radius 3 is 2.64 bits per heavy atom. The van der Waals surface area contributed by atoms with E-state index in [0.717, 1.165) is 5.56 Å². The number of anilines is 1. The molecule has 0 fully saturated rings. The molecule has 0 aliphatic carbocycles. The number of aromatic amines is 1. The number of rotatable bonds is 7. The molecule has 0 aliphatic rings. The van der Waals surface area contributed by atoms with E-state index in [4.69, 9.17) is 9.47 Å². The molecule has 28 heavy (non-hydrogen) atoms. The third kappa shape index (κ3) is 4.73. The molecule has 1 aromatic heterocycles. The first-order valence-corrected chi connectivity index (χ1v) is 8.65. The highest BCUT2D eigenvalue weighted by Gasteiger charge is 2.10. The summed E-state index contributed by atoms with van der Waals surface area (Å²) in [4.78, 5) is 14.1. The van der Waals surface area contributed by atoms with Crippen LogP contribution in [0.4, 0.5) is 5.95 Å². The summed E-state index contributed by atoms with van der Waals surface area (Å²) in [5.74, 6) is 1.32. The summed E-state index contributed by atoms with van der Waals surface area (Å²) in [5, 5.41) is 11.7. The molecule has 0 unspecified atom stereocenters. The Morgan fingerprint density at radius 1 is 1.14 bits per heavy atom. The number of H-pyrrole nitrogens is 1. The van der Waals surface area contributed by atoms with Crippen LogP contribution in [0.25, 0.3) is 0 Å². The first-order chi connectivity index (χ1) is 13.6. The van der Waals surface area contributed by atoms with Gasteiger partial charge in [0.15, 0.2) is 11.5 Å². The van der Waals surface area contributed by atoms with E-state index in [0.29, 0.717) is 23.7 Å². The minimum absolute atomic E-state index is 0.150. The van der Waals surface area contributed by atoms with Crippen LogP contribution in [0.3, 0.4) is 0 Å². The highest BCUT2D eigenvalue weighted by atomic mass is 16.5. The van der Waals surface area contributed by atoms with Crippen LogP contribution >= 0.6 is 0 Å². The van der Waals surface area contributed by atoms with E-state index in [9.17, 15) is 4.79 Å². The van der Waals surface area contributed by atoms with Gasteiger partial charge in [-0.15, -0.1) is 10.2 Å². The van der Waals surface area contributed by atoms with E-state index < -0.39 is 0 Å². The lowest BCUT2D eigenvalue weighted by Gasteiger charge is -2.13. The first-order valence-electron chi connectivity index (χ1n) is 8.65. The average Bonchev–Trinajstić information content (AvgIpc) is 2.70. The number of aryl methyl sites for hydroxylation is 2. The van der Waals surface area contributed by atoms with Crippen LogP contribution in [0.15, 0.2) is 52.4 Å². The second-order valence-corrected chi connectivity index (χ2v) is 6.11. The van der Waals surface area contributed by atoms with E-state index in [1.54, 1.807) is 20.2 Å². The minimum Gasteiger partial charge on any atom is -0.493 e. The molecular formula is C20H21N5O3. The fraction of sp³-hybridized carbons (Fsp3) is 0.200. The number of hydrazone groups is 1. The number of ether oxygens (including phenoxy) is 2. The minimum atomic E-state index is -0.323. The molecule has 3 aromatic rings. The van der Waals surface area contributed by atoms with Crippen LogP contribution in [-0.4, -0.2) is 28.5 Å². The lowest BCUT2D eigenvalue weighted by molar-refractivity contribution is 0.284. The van der Waals surface area contributed by atoms with Gasteiger partial charge in [-0.3, -0.25) is 9.78 Å². The van der Waals surface area contributed by atoms with Crippen molar-refractivity contribution in [3.8, 4) is 11.5 Å². The van der Waals surface area contributed by atoms with E-state index in [1.807, 2.05) is 49.4 Å². The lowest BCUT2D eigenvalue weighted by atomic mass is 10.1. The number of nitrogens with zero attached hydrogens (tertiary/aromatic N) is 3. The van der Waals surface area contributed by atoms with Gasteiger partial charge in [0.25, 0.3) is 5.56 Å². The highest BCUT2D eigenvalue weighted by Crippen LogP contribution is 2.30. The van der Waals surface area contributed by atoms with Crippen LogP contribution in [0, 0.1) is 13.8 Å². The maximum Gasteiger partial charge on any atom is 0.274 e. The second kappa shape index (κ2) is 8.81. The zero-order valence-corrected chi connectivity index (χ0v) is 15.9. The van der Waals surface area contributed by atoms with Crippen LogP contribution in [0.2, 0.25) is 0 Å². The molecule has 0 saturated heterocycles. The first kappa shape index (κ1) is 19.1. The van der Waals surface area contributed by atoms with Gasteiger partial charge in [-0.25, -0.2) is 5.43 Å². The second-order valence-electron chi connectivity index (χ2n) is 6.11. The topological polar surface area (TPSA) is 101 Å². The van der Waals surface area contributed by atoms with Crippen LogP contribution in [0.1, 0.15) is 22.4 Å². The molecule has 8 nitrogen and oxygen atoms in total. The highest BCUT2D eigenvalue weighted by molar-refractivity contribution is 5.85. The summed E-state index contributed by atoms with van der Waals surface area (Å²) < 4.78 is 11.4. The maximum absolute atomic E-state index is 11.6. The molecular weight excluding hydrogens is 358 g/mol. The largest absolute Gasteiger partial charge is 0.493 e. The van der Waals surface area contributed by atoms with Crippen molar-refractivity contribution >= 4 is 12.2 Å². The molecule has 1 heterocycles. The van der Waals surface area contributed by atoms with Gasteiger partial charge in [0.05, 0.1) is 13.3 Å². The summed E-state index contributed by atoms with van der Waals surface area (Å²) in [7, 11) is 1.58. The molecule has 0 saturated carbocycles. The van der Waals surface area contributed by atoms with Crippen LogP contribution in [0.5, 0.6) is 11.5 Å². The van der Waals surface area contributed by atoms with Crippen molar-refractivity contribution in [2.45, 2.75) is 20.5 Å². The molecule has 2 N–H and O–H groups in total. The predicted molar refractivity (Wildman–Crippen MR) is 107 cm³/mol. The quantitative estimate of drug-likeness (QED) is 0.483. The summed E-state index contributed by atoms with van der Waals surface area (Å²) >= 11 is 0. The molecule has 2 aromatic carbocycles. The van der Waals surface area contributed by atoms with Crippen LogP contribution < -0.4 is 20.5 Å². The van der Waals surface area contributed by atoms with Gasteiger partial charge in [-0.2, -0.15) is 5.10 Å². The summed E-state index contributed by atoms with van der Waals surface area (Å²) in [5.41, 5.74) is 5.56. The van der Waals surface area contributed by atoms with Crippen molar-refractivity contribution in [2.75, 3.05) is 12.5 Å². The van der Waals surface area contributed by atoms with Crippen molar-refractivity contribution in [1.82, 2.24) is 15.2 Å². The summed E-state index contributed by atoms with van der Waals surface area (Å²) in [6.45, 7) is 4.01. The Kier molecular flexibility index (Phi) is 6.01. The van der Waals surface area contributed by atoms with Gasteiger partial charge < -0.3 is 9.47 Å². The van der Waals surface area contributed by atoms with Gasteiger partial charge >= 0.3 is 0 Å². The molecule has 0 radical (unpaired) electrons. The Morgan fingerprint density at radius 2 is 1.93 bits per heavy atom. The van der Waals surface area contributed by atoms with Gasteiger partial charge in [-0.1, -0.05) is 35.9 Å². The number of hydrogen-bond donors (Lipinski definition) is 2. The van der Waals surface area contributed by atoms with Gasteiger partial charge in [0.1, 0.15) is 12.3 Å². The van der Waals surface area contributed by atoms with E-state index in [1.165, 1.54) is 5.56 Å². The Labute approximate surface area is 162 Å². The van der Waals surface area contributed by atoms with Gasteiger partial charge in [0, 0.05) is 5.56 Å². The Bertz CT molecular complexity index is 1030. The summed E-state index contributed by atoms with van der Waals surface area (Å²) in [6.07, 6.45) is 1.56. The van der Waals surface area contributed by atoms with Crippen LogP contribution in [-0.2, 0) is 6.61 Å². The Balaban J connectivity index is 1.77. The zero-order valence-electron chi connectivity index (χ0n) is 15.9. The molecule has 0 bridgehead atoms. The normalized spacial score (nSPS) is 10.8. The number of aromatic nitrogens is 3. The number of hydrogen-bond acceptors (Lipinski definition) is 7. The molecule has 0 amide bonds. The average molecular weight is 379 g/mol. The van der Waals surface area contributed by atoms with Crippen molar-refractivity contribution in [2.24, 2.45) is 5.10 Å². The molecule has 0 atom stereocenters. The zero-order chi connectivity index (χ0) is 19.9. The van der Waals surface area contributed by atoms with E-state index in [2.05, 4.69) is 25.7 Å². The van der Waals surface area contributed by atoms with Gasteiger partial charge in [-0.05, 0) is 31.5 Å². The lowest BCUT2D eigenvalue weighted by Crippen LogP contribution is -2.15. The molecule has 0 aliphatic heterocycles. The third-order valence-electron chi connectivity index (χ3n) is 3.97. The molecule has 3 rings (SSSR count). The smallest absolute Gasteiger partial charge is 0.274 e. The SMILES string of the molecule is COc1cccc(/C=N/Nc2nnc(C)c(=O)[nH]2)c1OCc1ccc(C)cc1. The third-order valence-corrected chi connectivity index (χ3v) is 3.97. The summed E-state index contributed by atoms with van der Waals surface area (Å²) in [6, 6.07) is 13.6. The number of methoxy groups -OCH3 is 1. The van der Waals surface area contributed by atoms with Crippen molar-refractivity contribution in [1.29, 1.82) is 0 Å². The Hall–Kier alpha value is -3.68.